The Balaban J connectivity index is 3.19. The molecule has 12 heavy (non-hydrogen) atoms. The van der Waals surface area contributed by atoms with E-state index in [0.717, 1.165) is 0 Å². The highest BCUT2D eigenvalue weighted by molar-refractivity contribution is 14.1. The number of nitrogens with zero attached hydrogens (tertiary/aromatic N) is 2. The normalized spacial score (nSPS) is 11.7. The van der Waals surface area contributed by atoms with E-state index in [2.05, 4.69) is 9.97 Å². The molecular formula is C5H3F3IN3. The molecule has 0 saturated carbocycles. The lowest BCUT2D eigenvalue weighted by Gasteiger charge is -2.07. The van der Waals surface area contributed by atoms with Crippen LogP contribution in [0.5, 0.6) is 0 Å². The summed E-state index contributed by atoms with van der Waals surface area (Å²) in [6.07, 6.45) is -3.81. The van der Waals surface area contributed by atoms with E-state index in [1.165, 1.54) is 0 Å². The molecule has 7 heteroatoms. The number of nitrogens with two attached hydrogens (primary N) is 1. The maximum absolute atomic E-state index is 12.0. The third-order valence-electron chi connectivity index (χ3n) is 1.09. The van der Waals surface area contributed by atoms with Gasteiger partial charge >= 0.3 is 6.18 Å². The summed E-state index contributed by atoms with van der Waals surface area (Å²) in [5.74, 6) is -0.540. The molecule has 1 heterocycles. The molecule has 0 aliphatic carbocycles. The average Bonchev–Trinajstić information content (AvgIpc) is 1.83. The van der Waals surface area contributed by atoms with Gasteiger partial charge in [-0.15, -0.1) is 0 Å². The van der Waals surface area contributed by atoms with E-state index in [1.807, 2.05) is 0 Å². The largest absolute Gasteiger partial charge is 0.421 e. The summed E-state index contributed by atoms with van der Waals surface area (Å²) in [6.45, 7) is 0. The molecule has 3 nitrogen and oxygen atoms in total. The first-order valence-corrected chi connectivity index (χ1v) is 3.84. The first-order chi connectivity index (χ1) is 5.41. The highest BCUT2D eigenvalue weighted by Gasteiger charge is 2.34. The molecule has 0 saturated heterocycles. The Hall–Kier alpha value is -0.600. The average molecular weight is 289 g/mol. The van der Waals surface area contributed by atoms with Gasteiger partial charge in [-0.25, -0.2) is 9.97 Å². The Morgan fingerprint density at radius 2 is 2.00 bits per heavy atom. The molecule has 2 N–H and O–H groups in total. The van der Waals surface area contributed by atoms with Gasteiger partial charge < -0.3 is 5.73 Å². The minimum absolute atomic E-state index is 0.193. The minimum atomic E-state index is -4.48. The van der Waals surface area contributed by atoms with E-state index in [9.17, 15) is 13.2 Å². The molecule has 0 bridgehead atoms. The Morgan fingerprint density at radius 1 is 1.42 bits per heavy atom. The Kier molecular flexibility index (Phi) is 2.40. The summed E-state index contributed by atoms with van der Waals surface area (Å²) in [5.41, 5.74) is 4.03. The van der Waals surface area contributed by atoms with Gasteiger partial charge in [-0.1, -0.05) is 0 Å². The molecule has 0 unspecified atom stereocenters. The van der Waals surface area contributed by atoms with Crippen LogP contribution < -0.4 is 5.73 Å². The Labute approximate surface area is 79.3 Å². The zero-order valence-corrected chi connectivity index (χ0v) is 7.72. The predicted molar refractivity (Wildman–Crippen MR) is 44.2 cm³/mol. The van der Waals surface area contributed by atoms with Gasteiger partial charge in [0, 0.05) is 28.8 Å². The van der Waals surface area contributed by atoms with Crippen LogP contribution in [-0.4, -0.2) is 9.97 Å². The summed E-state index contributed by atoms with van der Waals surface area (Å²) in [5, 5.41) is 0. The molecule has 0 aromatic carbocycles. The highest BCUT2D eigenvalue weighted by atomic mass is 127. The lowest BCUT2D eigenvalue weighted by molar-refractivity contribution is -0.137. The van der Waals surface area contributed by atoms with Crippen molar-refractivity contribution < 1.29 is 13.2 Å². The van der Waals surface area contributed by atoms with Crippen molar-refractivity contribution in [2.75, 3.05) is 5.73 Å². The summed E-state index contributed by atoms with van der Waals surface area (Å²) in [4.78, 5) is 6.76. The fraction of sp³-hybridized carbons (Fsp3) is 0.200. The van der Waals surface area contributed by atoms with E-state index in [1.54, 1.807) is 22.6 Å². The highest BCUT2D eigenvalue weighted by Crippen LogP contribution is 2.31. The van der Waals surface area contributed by atoms with Crippen LogP contribution in [0.4, 0.5) is 19.0 Å². The van der Waals surface area contributed by atoms with Crippen LogP contribution in [0, 0.1) is 3.83 Å². The maximum atomic E-state index is 12.0. The second-order valence-electron chi connectivity index (χ2n) is 1.94. The van der Waals surface area contributed by atoms with E-state index in [-0.39, 0.29) is 3.83 Å². The van der Waals surface area contributed by atoms with E-state index < -0.39 is 17.6 Å². The molecule has 0 atom stereocenters. The van der Waals surface area contributed by atoms with Crippen molar-refractivity contribution in [1.82, 2.24) is 9.97 Å². The number of aromatic nitrogens is 2. The molecule has 0 radical (unpaired) electrons. The third-order valence-corrected chi connectivity index (χ3v) is 1.61. The van der Waals surface area contributed by atoms with E-state index >= 15 is 0 Å². The van der Waals surface area contributed by atoms with Crippen LogP contribution >= 0.6 is 22.6 Å². The maximum Gasteiger partial charge on any atom is 0.421 e. The van der Waals surface area contributed by atoms with Crippen LogP contribution in [-0.2, 0) is 6.18 Å². The van der Waals surface area contributed by atoms with Crippen molar-refractivity contribution in [2.45, 2.75) is 6.18 Å². The molecular weight excluding hydrogens is 286 g/mol. The SMILES string of the molecule is Nc1nc(I)ncc1C(F)(F)F. The number of rotatable bonds is 0. The van der Waals surface area contributed by atoms with E-state index in [0.29, 0.717) is 6.20 Å². The molecule has 0 spiro atoms. The van der Waals surface area contributed by atoms with Crippen molar-refractivity contribution in [3.63, 3.8) is 0 Å². The second-order valence-corrected chi connectivity index (χ2v) is 2.90. The minimum Gasteiger partial charge on any atom is -0.383 e. The van der Waals surface area contributed by atoms with Crippen molar-refractivity contribution in [3.8, 4) is 0 Å². The van der Waals surface area contributed by atoms with Crippen molar-refractivity contribution >= 4 is 28.4 Å². The smallest absolute Gasteiger partial charge is 0.383 e. The van der Waals surface area contributed by atoms with Gasteiger partial charge in [0.05, 0.1) is 0 Å². The van der Waals surface area contributed by atoms with Gasteiger partial charge in [0.15, 0.2) is 3.83 Å². The molecule has 1 aromatic heterocycles. The first-order valence-electron chi connectivity index (χ1n) is 2.76. The number of alkyl halides is 3. The molecule has 1 rings (SSSR count). The molecule has 0 aliphatic rings. The monoisotopic (exact) mass is 289 g/mol. The summed E-state index contributed by atoms with van der Waals surface area (Å²) < 4.78 is 36.2. The van der Waals surface area contributed by atoms with Crippen LogP contribution in [0.2, 0.25) is 0 Å². The van der Waals surface area contributed by atoms with Gasteiger partial charge in [0.2, 0.25) is 0 Å². The van der Waals surface area contributed by atoms with Gasteiger partial charge in [-0.05, 0) is 0 Å². The summed E-state index contributed by atoms with van der Waals surface area (Å²) >= 11 is 1.68. The lowest BCUT2D eigenvalue weighted by atomic mass is 10.3. The van der Waals surface area contributed by atoms with Gasteiger partial charge in [-0.3, -0.25) is 0 Å². The van der Waals surface area contributed by atoms with Gasteiger partial charge in [-0.2, -0.15) is 13.2 Å². The second kappa shape index (κ2) is 3.04. The molecule has 0 fully saturated rings. The number of nitrogen functional groups attached to an aromatic ring is 1. The van der Waals surface area contributed by atoms with Crippen molar-refractivity contribution in [3.05, 3.63) is 15.6 Å². The first kappa shape index (κ1) is 9.49. The van der Waals surface area contributed by atoms with Crippen LogP contribution in [0.1, 0.15) is 5.56 Å². The van der Waals surface area contributed by atoms with Crippen molar-refractivity contribution in [2.24, 2.45) is 0 Å². The number of hydrogen-bond donors (Lipinski definition) is 1. The topological polar surface area (TPSA) is 51.8 Å². The van der Waals surface area contributed by atoms with Crippen LogP contribution in [0.25, 0.3) is 0 Å². The van der Waals surface area contributed by atoms with Crippen LogP contribution in [0.3, 0.4) is 0 Å². The van der Waals surface area contributed by atoms with Crippen molar-refractivity contribution in [1.29, 1.82) is 0 Å². The fourth-order valence-corrected chi connectivity index (χ4v) is 0.990. The third kappa shape index (κ3) is 1.96. The summed E-state index contributed by atoms with van der Waals surface area (Å²) in [7, 11) is 0. The molecule has 0 amide bonds. The lowest BCUT2D eigenvalue weighted by Crippen LogP contribution is -2.11. The molecule has 66 valence electrons. The van der Waals surface area contributed by atoms with Gasteiger partial charge in [0.25, 0.3) is 0 Å². The zero-order valence-electron chi connectivity index (χ0n) is 5.56. The predicted octanol–water partition coefficient (Wildman–Crippen LogP) is 1.68. The summed E-state index contributed by atoms with van der Waals surface area (Å²) in [6, 6.07) is 0. The molecule has 1 aromatic rings. The number of hydrogen-bond acceptors (Lipinski definition) is 3. The van der Waals surface area contributed by atoms with E-state index in [4.69, 9.17) is 5.73 Å². The number of halogens is 4. The van der Waals surface area contributed by atoms with Crippen LogP contribution in [0.15, 0.2) is 6.20 Å². The fourth-order valence-electron chi connectivity index (χ4n) is 0.591. The Morgan fingerprint density at radius 3 is 2.42 bits per heavy atom. The van der Waals surface area contributed by atoms with Gasteiger partial charge in [0.1, 0.15) is 11.4 Å². The standard InChI is InChI=1S/C5H3F3IN3/c6-5(7,8)2-1-11-4(9)12-3(2)10/h1H,(H2,10,11,12). The molecule has 0 aliphatic heterocycles. The zero-order chi connectivity index (χ0) is 9.35. The number of anilines is 1. The quantitative estimate of drug-likeness (QED) is 0.584. The Bertz CT molecular complexity index is 298.